The van der Waals surface area contributed by atoms with Gasteiger partial charge in [-0.3, -0.25) is 0 Å². The quantitative estimate of drug-likeness (QED) is 0.434. The largest absolute Gasteiger partial charge is 0.493 e. The van der Waals surface area contributed by atoms with Crippen molar-refractivity contribution in [3.05, 3.63) is 89.0 Å². The summed E-state index contributed by atoms with van der Waals surface area (Å²) in [6.07, 6.45) is 1.36. The van der Waals surface area contributed by atoms with Gasteiger partial charge in [-0.1, -0.05) is 48.0 Å². The molecule has 0 spiro atoms. The summed E-state index contributed by atoms with van der Waals surface area (Å²) < 4.78 is 45.8. The Kier molecular flexibility index (Phi) is 7.26. The van der Waals surface area contributed by atoms with E-state index in [0.29, 0.717) is 24.3 Å². The first kappa shape index (κ1) is 24.3. The number of sulfonamides is 1. The Hall–Kier alpha value is -2.87. The van der Waals surface area contributed by atoms with E-state index in [-0.39, 0.29) is 23.6 Å². The molecule has 0 radical (unpaired) electrons. The zero-order chi connectivity index (χ0) is 24.3. The van der Waals surface area contributed by atoms with Gasteiger partial charge in [0.2, 0.25) is 10.0 Å². The maximum Gasteiger partial charge on any atom is 0.245 e. The van der Waals surface area contributed by atoms with E-state index in [1.54, 1.807) is 26.4 Å². The third-order valence-electron chi connectivity index (χ3n) is 6.49. The topological polar surface area (TPSA) is 65.1 Å². The molecule has 3 aromatic carbocycles. The lowest BCUT2D eigenvalue weighted by Gasteiger charge is -2.40. The van der Waals surface area contributed by atoms with Crippen molar-refractivity contribution in [3.8, 4) is 11.5 Å². The van der Waals surface area contributed by atoms with Crippen molar-refractivity contribution in [2.24, 2.45) is 0 Å². The maximum atomic E-state index is 13.8. The van der Waals surface area contributed by atoms with Gasteiger partial charge in [0.05, 0.1) is 19.1 Å². The van der Waals surface area contributed by atoms with E-state index in [0.717, 1.165) is 22.3 Å². The molecule has 0 aromatic heterocycles. The first-order valence-electron chi connectivity index (χ1n) is 11.3. The summed E-state index contributed by atoms with van der Waals surface area (Å²) >= 11 is 0. The Balaban J connectivity index is 1.87. The van der Waals surface area contributed by atoms with Crippen molar-refractivity contribution in [1.29, 1.82) is 0 Å². The SMILES string of the molecule is COCN([C@@H]1CCc2cc(OC)c(OC)cc2[C@H]1c1ccccc1)S(=O)(=O)c1ccc(C)cc1. The molecular weight excluding hydrogens is 450 g/mol. The Bertz CT molecular complexity index is 1230. The standard InChI is InChI=1S/C27H31NO5S/c1-19-10-13-22(14-11-19)34(29,30)28(18-31-2)24-15-12-21-16-25(32-3)26(33-4)17-23(21)27(24)20-8-6-5-7-9-20/h5-11,13-14,16-17,24,27H,12,15,18H2,1-4H3/t24-,27-/m1/s1. The molecule has 34 heavy (non-hydrogen) atoms. The summed E-state index contributed by atoms with van der Waals surface area (Å²) in [6, 6.07) is 20.7. The van der Waals surface area contributed by atoms with Crippen LogP contribution < -0.4 is 9.47 Å². The molecule has 6 nitrogen and oxygen atoms in total. The molecule has 0 N–H and O–H groups in total. The molecule has 0 amide bonds. The molecule has 2 atom stereocenters. The summed E-state index contributed by atoms with van der Waals surface area (Å²) in [4.78, 5) is 0.264. The molecule has 1 aliphatic rings. The van der Waals surface area contributed by atoms with Crippen LogP contribution in [0.3, 0.4) is 0 Å². The summed E-state index contributed by atoms with van der Waals surface area (Å²) in [6.45, 7) is 1.90. The number of fused-ring (bicyclic) bond motifs is 1. The molecule has 0 unspecified atom stereocenters. The van der Waals surface area contributed by atoms with Gasteiger partial charge in [-0.2, -0.15) is 4.31 Å². The van der Waals surface area contributed by atoms with E-state index in [1.165, 1.54) is 11.4 Å². The number of aryl methyl sites for hydroxylation is 2. The molecule has 180 valence electrons. The monoisotopic (exact) mass is 481 g/mol. The highest BCUT2D eigenvalue weighted by Crippen LogP contribution is 2.44. The van der Waals surface area contributed by atoms with Crippen molar-refractivity contribution in [1.82, 2.24) is 4.31 Å². The van der Waals surface area contributed by atoms with Crippen LogP contribution in [0.15, 0.2) is 71.6 Å². The molecular formula is C27H31NO5S. The number of benzene rings is 3. The highest BCUT2D eigenvalue weighted by molar-refractivity contribution is 7.89. The number of methoxy groups -OCH3 is 3. The third kappa shape index (κ3) is 4.56. The van der Waals surface area contributed by atoms with Gasteiger partial charge in [-0.25, -0.2) is 8.42 Å². The Morgan fingerprint density at radius 2 is 1.56 bits per heavy atom. The lowest BCUT2D eigenvalue weighted by molar-refractivity contribution is 0.0840. The van der Waals surface area contributed by atoms with Crippen LogP contribution >= 0.6 is 0 Å². The second kappa shape index (κ2) is 10.2. The number of hydrogen-bond acceptors (Lipinski definition) is 5. The second-order valence-electron chi connectivity index (χ2n) is 8.52. The van der Waals surface area contributed by atoms with Crippen LogP contribution in [0.1, 0.15) is 34.6 Å². The minimum atomic E-state index is -3.80. The second-order valence-corrected chi connectivity index (χ2v) is 10.4. The van der Waals surface area contributed by atoms with Crippen LogP contribution in [-0.2, 0) is 21.2 Å². The van der Waals surface area contributed by atoms with Gasteiger partial charge in [-0.05, 0) is 60.7 Å². The van der Waals surface area contributed by atoms with E-state index in [4.69, 9.17) is 14.2 Å². The van der Waals surface area contributed by atoms with Crippen molar-refractivity contribution < 1.29 is 22.6 Å². The first-order chi connectivity index (χ1) is 16.4. The average Bonchev–Trinajstić information content (AvgIpc) is 2.86. The summed E-state index contributed by atoms with van der Waals surface area (Å²) in [7, 11) is 0.965. The predicted octanol–water partition coefficient (Wildman–Crippen LogP) is 4.75. The van der Waals surface area contributed by atoms with Gasteiger partial charge < -0.3 is 14.2 Å². The molecule has 0 heterocycles. The summed E-state index contributed by atoms with van der Waals surface area (Å²) in [5.41, 5.74) is 4.22. The minimum Gasteiger partial charge on any atom is -0.493 e. The van der Waals surface area contributed by atoms with Gasteiger partial charge in [0, 0.05) is 19.1 Å². The van der Waals surface area contributed by atoms with Crippen LogP contribution in [-0.4, -0.2) is 46.8 Å². The Labute approximate surface area is 202 Å². The molecule has 0 saturated carbocycles. The minimum absolute atomic E-state index is 0.0349. The zero-order valence-electron chi connectivity index (χ0n) is 20.0. The lowest BCUT2D eigenvalue weighted by atomic mass is 9.75. The van der Waals surface area contributed by atoms with Crippen LogP contribution in [0.2, 0.25) is 0 Å². The molecule has 1 aliphatic carbocycles. The number of ether oxygens (including phenoxy) is 3. The number of nitrogens with zero attached hydrogens (tertiary/aromatic N) is 1. The van der Waals surface area contributed by atoms with Crippen LogP contribution in [0.5, 0.6) is 11.5 Å². The van der Waals surface area contributed by atoms with E-state index in [2.05, 4.69) is 0 Å². The van der Waals surface area contributed by atoms with Gasteiger partial charge in [0.15, 0.2) is 11.5 Å². The summed E-state index contributed by atoms with van der Waals surface area (Å²) in [5, 5.41) is 0. The molecule has 0 bridgehead atoms. The van der Waals surface area contributed by atoms with Gasteiger partial charge in [-0.15, -0.1) is 0 Å². The normalized spacial score (nSPS) is 17.9. The van der Waals surface area contributed by atoms with E-state index < -0.39 is 10.0 Å². The first-order valence-corrected chi connectivity index (χ1v) is 12.7. The smallest absolute Gasteiger partial charge is 0.245 e. The fourth-order valence-corrected chi connectivity index (χ4v) is 6.39. The number of hydrogen-bond donors (Lipinski definition) is 0. The predicted molar refractivity (Wildman–Crippen MR) is 132 cm³/mol. The molecule has 4 rings (SSSR count). The van der Waals surface area contributed by atoms with Crippen LogP contribution in [0.25, 0.3) is 0 Å². The van der Waals surface area contributed by atoms with Gasteiger partial charge in [0.1, 0.15) is 6.73 Å². The van der Waals surface area contributed by atoms with E-state index >= 15 is 0 Å². The van der Waals surface area contributed by atoms with Crippen molar-refractivity contribution in [2.45, 2.75) is 36.6 Å². The molecule has 0 fully saturated rings. The molecule has 3 aromatic rings. The van der Waals surface area contributed by atoms with Crippen LogP contribution in [0, 0.1) is 6.92 Å². The van der Waals surface area contributed by atoms with Crippen molar-refractivity contribution in [3.63, 3.8) is 0 Å². The average molecular weight is 482 g/mol. The highest BCUT2D eigenvalue weighted by Gasteiger charge is 2.41. The summed E-state index contributed by atoms with van der Waals surface area (Å²) in [5.74, 6) is 1.11. The van der Waals surface area contributed by atoms with Crippen molar-refractivity contribution >= 4 is 10.0 Å². The fourth-order valence-electron chi connectivity index (χ4n) is 4.81. The lowest BCUT2D eigenvalue weighted by Crippen LogP contribution is -2.47. The Morgan fingerprint density at radius 3 is 2.18 bits per heavy atom. The highest BCUT2D eigenvalue weighted by atomic mass is 32.2. The molecule has 0 aliphatic heterocycles. The van der Waals surface area contributed by atoms with E-state index in [9.17, 15) is 8.42 Å². The maximum absolute atomic E-state index is 13.8. The number of rotatable bonds is 8. The fraction of sp³-hybridized carbons (Fsp3) is 0.333. The zero-order valence-corrected chi connectivity index (χ0v) is 20.8. The van der Waals surface area contributed by atoms with E-state index in [1.807, 2.05) is 61.5 Å². The van der Waals surface area contributed by atoms with Crippen molar-refractivity contribution in [2.75, 3.05) is 28.1 Å². The van der Waals surface area contributed by atoms with Crippen LogP contribution in [0.4, 0.5) is 0 Å². The van der Waals surface area contributed by atoms with Gasteiger partial charge >= 0.3 is 0 Å². The molecule has 7 heteroatoms. The van der Waals surface area contributed by atoms with Gasteiger partial charge in [0.25, 0.3) is 0 Å². The third-order valence-corrected chi connectivity index (χ3v) is 8.35. The Morgan fingerprint density at radius 1 is 0.912 bits per heavy atom. The molecule has 0 saturated heterocycles.